The van der Waals surface area contributed by atoms with E-state index in [1.807, 2.05) is 0 Å². The molecular weight excluding hydrogens is 196 g/mol. The Bertz CT molecular complexity index is 257. The van der Waals surface area contributed by atoms with Crippen molar-refractivity contribution in [2.75, 3.05) is 6.61 Å². The smallest absolute Gasteiger partial charge is 0.0594 e. The lowest BCUT2D eigenvalue weighted by Crippen LogP contribution is -2.30. The molecule has 1 fully saturated rings. The maximum atomic E-state index is 5.59. The average molecular weight is 212 g/mol. The van der Waals surface area contributed by atoms with Crippen LogP contribution >= 0.6 is 11.3 Å². The molecule has 1 aromatic rings. The first-order valence-corrected chi connectivity index (χ1v) is 5.89. The summed E-state index contributed by atoms with van der Waals surface area (Å²) >= 11 is 1.74. The molecule has 1 aromatic heterocycles. The van der Waals surface area contributed by atoms with Crippen molar-refractivity contribution in [3.05, 3.63) is 22.4 Å². The fourth-order valence-electron chi connectivity index (χ4n) is 1.85. The molecule has 4 heteroatoms. The molecule has 1 saturated heterocycles. The third-order valence-electron chi connectivity index (χ3n) is 2.61. The van der Waals surface area contributed by atoms with Crippen molar-refractivity contribution in [2.45, 2.75) is 31.4 Å². The van der Waals surface area contributed by atoms with Crippen molar-refractivity contribution < 1.29 is 4.74 Å². The molecule has 0 spiro atoms. The van der Waals surface area contributed by atoms with Gasteiger partial charge in [0.1, 0.15) is 0 Å². The van der Waals surface area contributed by atoms with E-state index >= 15 is 0 Å². The van der Waals surface area contributed by atoms with E-state index in [0.29, 0.717) is 6.10 Å². The Kier molecular flexibility index (Phi) is 3.53. The maximum absolute atomic E-state index is 5.59. The Morgan fingerprint density at radius 3 is 3.21 bits per heavy atom. The molecule has 2 heterocycles. The predicted octanol–water partition coefficient (Wildman–Crippen LogP) is 1.82. The molecule has 0 bridgehead atoms. The third kappa shape index (κ3) is 2.33. The number of nitrogens with one attached hydrogen (secondary N) is 1. The van der Waals surface area contributed by atoms with Gasteiger partial charge in [-0.25, -0.2) is 0 Å². The van der Waals surface area contributed by atoms with Crippen molar-refractivity contribution in [1.29, 1.82) is 0 Å². The molecule has 2 rings (SSSR count). The van der Waals surface area contributed by atoms with E-state index in [4.69, 9.17) is 10.6 Å². The largest absolute Gasteiger partial charge is 0.378 e. The number of hydrazine groups is 1. The molecule has 3 N–H and O–H groups in total. The van der Waals surface area contributed by atoms with E-state index in [1.54, 1.807) is 11.3 Å². The van der Waals surface area contributed by atoms with Gasteiger partial charge in [-0.3, -0.25) is 11.3 Å². The molecule has 14 heavy (non-hydrogen) atoms. The lowest BCUT2D eigenvalue weighted by atomic mass is 10.1. The molecule has 0 radical (unpaired) electrons. The first kappa shape index (κ1) is 10.1. The minimum absolute atomic E-state index is 0.248. The monoisotopic (exact) mass is 212 g/mol. The number of hydrogen-bond donors (Lipinski definition) is 2. The Labute approximate surface area is 88.2 Å². The van der Waals surface area contributed by atoms with Gasteiger partial charge in [-0.05, 0) is 30.7 Å². The van der Waals surface area contributed by atoms with Gasteiger partial charge in [0.25, 0.3) is 0 Å². The highest BCUT2D eigenvalue weighted by Crippen LogP contribution is 2.27. The molecule has 1 aliphatic heterocycles. The normalized spacial score (nSPS) is 23.9. The molecule has 0 saturated carbocycles. The highest BCUT2D eigenvalue weighted by atomic mass is 32.1. The van der Waals surface area contributed by atoms with Gasteiger partial charge in [-0.15, -0.1) is 11.3 Å². The van der Waals surface area contributed by atoms with Crippen LogP contribution in [-0.2, 0) is 4.74 Å². The standard InChI is InChI=1S/C10H16N2OS/c11-12-9(10-4-2-6-14-10)7-8-3-1-5-13-8/h2,4,6,8-9,12H,1,3,5,7,11H2. The van der Waals surface area contributed by atoms with E-state index in [1.165, 1.54) is 17.7 Å². The minimum atomic E-state index is 0.248. The van der Waals surface area contributed by atoms with Crippen molar-refractivity contribution in [3.8, 4) is 0 Å². The Morgan fingerprint density at radius 2 is 2.64 bits per heavy atom. The van der Waals surface area contributed by atoms with E-state index in [9.17, 15) is 0 Å². The average Bonchev–Trinajstić information content (AvgIpc) is 2.86. The van der Waals surface area contributed by atoms with Gasteiger partial charge in [0, 0.05) is 11.5 Å². The predicted molar refractivity (Wildman–Crippen MR) is 58.0 cm³/mol. The topological polar surface area (TPSA) is 47.3 Å². The fourth-order valence-corrected chi connectivity index (χ4v) is 2.65. The molecule has 3 nitrogen and oxygen atoms in total. The Morgan fingerprint density at radius 1 is 1.71 bits per heavy atom. The highest BCUT2D eigenvalue weighted by molar-refractivity contribution is 7.10. The summed E-state index contributed by atoms with van der Waals surface area (Å²) in [6.07, 6.45) is 3.73. The first-order chi connectivity index (χ1) is 6.90. The van der Waals surface area contributed by atoms with Gasteiger partial charge in [-0.2, -0.15) is 0 Å². The summed E-state index contributed by atoms with van der Waals surface area (Å²) in [6, 6.07) is 4.42. The van der Waals surface area contributed by atoms with Crippen LogP contribution < -0.4 is 11.3 Å². The van der Waals surface area contributed by atoms with E-state index in [2.05, 4.69) is 22.9 Å². The summed E-state index contributed by atoms with van der Waals surface area (Å²) in [6.45, 7) is 0.909. The van der Waals surface area contributed by atoms with Crippen LogP contribution in [0.5, 0.6) is 0 Å². The van der Waals surface area contributed by atoms with Gasteiger partial charge in [0.2, 0.25) is 0 Å². The van der Waals surface area contributed by atoms with Crippen molar-refractivity contribution in [3.63, 3.8) is 0 Å². The molecule has 2 atom stereocenters. The van der Waals surface area contributed by atoms with Crippen LogP contribution in [0.15, 0.2) is 17.5 Å². The number of ether oxygens (including phenoxy) is 1. The van der Waals surface area contributed by atoms with Crippen LogP contribution in [0.25, 0.3) is 0 Å². The minimum Gasteiger partial charge on any atom is -0.378 e. The van der Waals surface area contributed by atoms with Crippen LogP contribution in [0, 0.1) is 0 Å². The van der Waals surface area contributed by atoms with Gasteiger partial charge in [0.05, 0.1) is 12.1 Å². The third-order valence-corrected chi connectivity index (χ3v) is 3.60. The summed E-state index contributed by atoms with van der Waals surface area (Å²) in [5, 5.41) is 2.08. The number of hydrogen-bond acceptors (Lipinski definition) is 4. The van der Waals surface area contributed by atoms with Gasteiger partial charge < -0.3 is 4.74 Å². The molecule has 1 aliphatic rings. The van der Waals surface area contributed by atoms with E-state index < -0.39 is 0 Å². The highest BCUT2D eigenvalue weighted by Gasteiger charge is 2.21. The first-order valence-electron chi connectivity index (χ1n) is 5.01. The number of nitrogens with two attached hydrogens (primary N) is 1. The van der Waals surface area contributed by atoms with Gasteiger partial charge in [0.15, 0.2) is 0 Å². The van der Waals surface area contributed by atoms with Crippen LogP contribution in [0.2, 0.25) is 0 Å². The van der Waals surface area contributed by atoms with E-state index in [0.717, 1.165) is 13.0 Å². The van der Waals surface area contributed by atoms with Gasteiger partial charge in [-0.1, -0.05) is 6.07 Å². The van der Waals surface area contributed by atoms with Gasteiger partial charge >= 0.3 is 0 Å². The fraction of sp³-hybridized carbons (Fsp3) is 0.600. The molecule has 0 aliphatic carbocycles. The van der Waals surface area contributed by atoms with Crippen LogP contribution in [0.1, 0.15) is 30.2 Å². The Balaban J connectivity index is 1.93. The molecule has 2 unspecified atom stereocenters. The quantitative estimate of drug-likeness (QED) is 0.591. The molecule has 0 aromatic carbocycles. The summed E-state index contributed by atoms with van der Waals surface area (Å²) in [4.78, 5) is 1.29. The number of thiophene rings is 1. The van der Waals surface area contributed by atoms with E-state index in [-0.39, 0.29) is 6.04 Å². The summed E-state index contributed by atoms with van der Waals surface area (Å²) in [5.74, 6) is 5.54. The summed E-state index contributed by atoms with van der Waals surface area (Å²) in [5.41, 5.74) is 2.86. The second-order valence-corrected chi connectivity index (χ2v) is 4.58. The second kappa shape index (κ2) is 4.89. The lowest BCUT2D eigenvalue weighted by molar-refractivity contribution is 0.0949. The summed E-state index contributed by atoms with van der Waals surface area (Å²) < 4.78 is 5.59. The van der Waals surface area contributed by atoms with Crippen LogP contribution in [0.3, 0.4) is 0 Å². The Hall–Kier alpha value is -0.420. The zero-order valence-electron chi connectivity index (χ0n) is 8.11. The maximum Gasteiger partial charge on any atom is 0.0594 e. The van der Waals surface area contributed by atoms with Crippen molar-refractivity contribution in [1.82, 2.24) is 5.43 Å². The number of rotatable bonds is 4. The molecule has 0 amide bonds. The zero-order chi connectivity index (χ0) is 9.80. The molecule has 78 valence electrons. The van der Waals surface area contributed by atoms with Crippen LogP contribution in [0.4, 0.5) is 0 Å². The molecular formula is C10H16N2OS. The van der Waals surface area contributed by atoms with Crippen LogP contribution in [-0.4, -0.2) is 12.7 Å². The zero-order valence-corrected chi connectivity index (χ0v) is 8.93. The SMILES string of the molecule is NNC(CC1CCCO1)c1cccs1. The summed E-state index contributed by atoms with van der Waals surface area (Å²) in [7, 11) is 0. The van der Waals surface area contributed by atoms with Crippen molar-refractivity contribution in [2.24, 2.45) is 5.84 Å². The second-order valence-electron chi connectivity index (χ2n) is 3.61. The van der Waals surface area contributed by atoms with Crippen molar-refractivity contribution >= 4 is 11.3 Å². The lowest BCUT2D eigenvalue weighted by Gasteiger charge is -2.18.